The smallest absolute Gasteiger partial charge is 0.262 e. The molecule has 2 aromatic heterocycles. The summed E-state index contributed by atoms with van der Waals surface area (Å²) in [7, 11) is 0. The van der Waals surface area contributed by atoms with Crippen LogP contribution in [0.15, 0.2) is 4.79 Å². The molecule has 0 radical (unpaired) electrons. The first-order chi connectivity index (χ1) is 9.13. The summed E-state index contributed by atoms with van der Waals surface area (Å²) in [5, 5.41) is 4.11. The Morgan fingerprint density at radius 3 is 2.79 bits per heavy atom. The molecule has 1 N–H and O–H groups in total. The minimum atomic E-state index is 0.155. The number of aromatic nitrogens is 2. The monoisotopic (exact) mass is 277 g/mol. The number of nitrogens with one attached hydrogen (secondary N) is 1. The molecule has 0 atom stereocenters. The van der Waals surface area contributed by atoms with Gasteiger partial charge in [0.05, 0.1) is 11.9 Å². The Bertz CT molecular complexity index is 682. The summed E-state index contributed by atoms with van der Waals surface area (Å²) in [6, 6.07) is 0.373. The molecule has 0 aromatic carbocycles. The van der Waals surface area contributed by atoms with Crippen LogP contribution in [0.4, 0.5) is 0 Å². The molecule has 0 saturated heterocycles. The Morgan fingerprint density at radius 1 is 1.42 bits per heavy atom. The van der Waals surface area contributed by atoms with E-state index in [-0.39, 0.29) is 5.56 Å². The van der Waals surface area contributed by atoms with E-state index in [9.17, 15) is 4.79 Å². The average molecular weight is 277 g/mol. The molecule has 1 fully saturated rings. The van der Waals surface area contributed by atoms with Crippen LogP contribution < -0.4 is 10.9 Å². The van der Waals surface area contributed by atoms with Crippen LogP contribution in [0.5, 0.6) is 0 Å². The van der Waals surface area contributed by atoms with Crippen molar-refractivity contribution >= 4 is 21.6 Å². The third kappa shape index (κ3) is 2.11. The fraction of sp³-hybridized carbons (Fsp3) is 0.571. The molecule has 19 heavy (non-hydrogen) atoms. The molecule has 102 valence electrons. The number of rotatable bonds is 4. The highest BCUT2D eigenvalue weighted by Crippen LogP contribution is 2.36. The predicted octanol–water partition coefficient (Wildman–Crippen LogP) is 2.52. The highest BCUT2D eigenvalue weighted by molar-refractivity contribution is 7.18. The van der Waals surface area contributed by atoms with Gasteiger partial charge in [0.25, 0.3) is 5.56 Å². The lowest BCUT2D eigenvalue weighted by Crippen LogP contribution is -2.27. The van der Waals surface area contributed by atoms with Gasteiger partial charge in [0.15, 0.2) is 0 Å². The van der Waals surface area contributed by atoms with Gasteiger partial charge < -0.3 is 5.32 Å². The Kier molecular flexibility index (Phi) is 3.19. The molecule has 2 heterocycles. The Balaban J connectivity index is 2.24. The number of fused-ring (bicyclic) bond motifs is 1. The van der Waals surface area contributed by atoms with Gasteiger partial charge in [-0.25, -0.2) is 4.98 Å². The molecule has 1 aliphatic carbocycles. The van der Waals surface area contributed by atoms with E-state index in [1.54, 1.807) is 11.3 Å². The molecule has 0 bridgehead atoms. The molecule has 0 unspecified atom stereocenters. The van der Waals surface area contributed by atoms with Gasteiger partial charge in [0.1, 0.15) is 10.7 Å². The van der Waals surface area contributed by atoms with E-state index in [0.29, 0.717) is 12.6 Å². The number of thiophene rings is 1. The van der Waals surface area contributed by atoms with Gasteiger partial charge in [-0.15, -0.1) is 11.3 Å². The summed E-state index contributed by atoms with van der Waals surface area (Å²) in [4.78, 5) is 19.6. The Hall–Kier alpha value is -1.20. The fourth-order valence-corrected chi connectivity index (χ4v) is 3.46. The van der Waals surface area contributed by atoms with Crippen LogP contribution in [0.2, 0.25) is 0 Å². The highest BCUT2D eigenvalue weighted by atomic mass is 32.1. The second-order valence-corrected chi connectivity index (χ2v) is 6.38. The Labute approximate surface area is 116 Å². The minimum absolute atomic E-state index is 0.155. The standard InChI is InChI=1S/C14H19N3OS/c1-4-15-7-11-16-13-12(8(2)9(3)19-13)14(18)17(11)10-5-6-10/h10,15H,4-7H2,1-3H3. The molecule has 1 saturated carbocycles. The van der Waals surface area contributed by atoms with Crippen molar-refractivity contribution in [2.24, 2.45) is 0 Å². The molecular formula is C14H19N3OS. The highest BCUT2D eigenvalue weighted by Gasteiger charge is 2.29. The topological polar surface area (TPSA) is 46.9 Å². The summed E-state index contributed by atoms with van der Waals surface area (Å²) in [6.07, 6.45) is 2.21. The second kappa shape index (κ2) is 4.72. The van der Waals surface area contributed by atoms with Crippen molar-refractivity contribution in [3.63, 3.8) is 0 Å². The Morgan fingerprint density at radius 2 is 2.16 bits per heavy atom. The van der Waals surface area contributed by atoms with E-state index in [0.717, 1.165) is 41.0 Å². The molecule has 3 rings (SSSR count). The molecule has 0 amide bonds. The largest absolute Gasteiger partial charge is 0.310 e. The maximum absolute atomic E-state index is 12.7. The molecule has 0 spiro atoms. The van der Waals surface area contributed by atoms with Crippen molar-refractivity contribution < 1.29 is 0 Å². The number of aryl methyl sites for hydroxylation is 2. The van der Waals surface area contributed by atoms with Gasteiger partial charge in [0.2, 0.25) is 0 Å². The first-order valence-electron chi connectivity index (χ1n) is 6.85. The zero-order valence-electron chi connectivity index (χ0n) is 11.6. The van der Waals surface area contributed by atoms with Gasteiger partial charge in [-0.1, -0.05) is 6.92 Å². The first-order valence-corrected chi connectivity index (χ1v) is 7.67. The number of hydrogen-bond donors (Lipinski definition) is 1. The summed E-state index contributed by atoms with van der Waals surface area (Å²) < 4.78 is 1.92. The van der Waals surface area contributed by atoms with Gasteiger partial charge in [-0.05, 0) is 38.8 Å². The van der Waals surface area contributed by atoms with Crippen molar-refractivity contribution in [1.82, 2.24) is 14.9 Å². The lowest BCUT2D eigenvalue weighted by Gasteiger charge is -2.11. The minimum Gasteiger partial charge on any atom is -0.310 e. The van der Waals surface area contributed by atoms with Crippen LogP contribution in [-0.2, 0) is 6.54 Å². The molecule has 1 aliphatic rings. The average Bonchev–Trinajstić information content (AvgIpc) is 3.15. The molecule has 4 nitrogen and oxygen atoms in total. The molecule has 2 aromatic rings. The molecular weight excluding hydrogens is 258 g/mol. The second-order valence-electron chi connectivity index (χ2n) is 5.18. The van der Waals surface area contributed by atoms with Crippen molar-refractivity contribution in [2.45, 2.75) is 46.2 Å². The van der Waals surface area contributed by atoms with Crippen LogP contribution in [0.25, 0.3) is 10.2 Å². The van der Waals surface area contributed by atoms with Crippen molar-refractivity contribution in [3.8, 4) is 0 Å². The maximum Gasteiger partial charge on any atom is 0.262 e. The van der Waals surface area contributed by atoms with E-state index < -0.39 is 0 Å². The summed E-state index contributed by atoms with van der Waals surface area (Å²) >= 11 is 1.63. The lowest BCUT2D eigenvalue weighted by atomic mass is 10.2. The van der Waals surface area contributed by atoms with Gasteiger partial charge in [-0.2, -0.15) is 0 Å². The number of nitrogens with zero attached hydrogens (tertiary/aromatic N) is 2. The van der Waals surface area contributed by atoms with Crippen LogP contribution in [0.3, 0.4) is 0 Å². The fourth-order valence-electron chi connectivity index (χ4n) is 2.42. The zero-order valence-corrected chi connectivity index (χ0v) is 12.4. The SMILES string of the molecule is CCNCc1nc2sc(C)c(C)c2c(=O)n1C1CC1. The van der Waals surface area contributed by atoms with E-state index in [1.165, 1.54) is 4.88 Å². The van der Waals surface area contributed by atoms with E-state index in [1.807, 2.05) is 11.5 Å². The molecule has 5 heteroatoms. The van der Waals surface area contributed by atoms with Gasteiger partial charge >= 0.3 is 0 Å². The molecule has 0 aliphatic heterocycles. The first kappa shape index (κ1) is 12.8. The quantitative estimate of drug-likeness (QED) is 0.934. The predicted molar refractivity (Wildman–Crippen MR) is 79.0 cm³/mol. The summed E-state index contributed by atoms with van der Waals surface area (Å²) in [5.74, 6) is 0.892. The number of hydrogen-bond acceptors (Lipinski definition) is 4. The van der Waals surface area contributed by atoms with Crippen LogP contribution >= 0.6 is 11.3 Å². The summed E-state index contributed by atoms with van der Waals surface area (Å²) in [5.41, 5.74) is 1.25. The van der Waals surface area contributed by atoms with Crippen molar-refractivity contribution in [2.75, 3.05) is 6.54 Å². The van der Waals surface area contributed by atoms with Gasteiger partial charge in [-0.3, -0.25) is 9.36 Å². The summed E-state index contributed by atoms with van der Waals surface area (Å²) in [6.45, 7) is 7.72. The van der Waals surface area contributed by atoms with E-state index in [2.05, 4.69) is 19.2 Å². The van der Waals surface area contributed by atoms with Gasteiger partial charge in [0, 0.05) is 10.9 Å². The third-order valence-corrected chi connectivity index (χ3v) is 4.85. The maximum atomic E-state index is 12.7. The van der Waals surface area contributed by atoms with Crippen molar-refractivity contribution in [3.05, 3.63) is 26.6 Å². The lowest BCUT2D eigenvalue weighted by molar-refractivity contribution is 0.594. The van der Waals surface area contributed by atoms with E-state index >= 15 is 0 Å². The van der Waals surface area contributed by atoms with Crippen molar-refractivity contribution in [1.29, 1.82) is 0 Å². The van der Waals surface area contributed by atoms with Crippen LogP contribution in [0.1, 0.15) is 42.1 Å². The normalized spacial score (nSPS) is 15.3. The van der Waals surface area contributed by atoms with Crippen LogP contribution in [0, 0.1) is 13.8 Å². The zero-order chi connectivity index (χ0) is 13.6. The van der Waals surface area contributed by atoms with Crippen LogP contribution in [-0.4, -0.2) is 16.1 Å². The third-order valence-electron chi connectivity index (χ3n) is 3.75. The van der Waals surface area contributed by atoms with E-state index in [4.69, 9.17) is 4.98 Å².